The Morgan fingerprint density at radius 1 is 1.47 bits per heavy atom. The van der Waals surface area contributed by atoms with Crippen LogP contribution >= 0.6 is 0 Å². The summed E-state index contributed by atoms with van der Waals surface area (Å²) in [5, 5.41) is 5.52. The highest BCUT2D eigenvalue weighted by Crippen LogP contribution is 2.27. The Labute approximate surface area is 100 Å². The average Bonchev–Trinajstić information content (AvgIpc) is 3.10. The zero-order valence-electron chi connectivity index (χ0n) is 9.87. The topological polar surface area (TPSA) is 41.1 Å². The Kier molecular flexibility index (Phi) is 3.61. The Bertz CT molecular complexity index is 404. The molecule has 92 valence electrons. The van der Waals surface area contributed by atoms with Gasteiger partial charge in [-0.2, -0.15) is 0 Å². The van der Waals surface area contributed by atoms with Gasteiger partial charge in [0.15, 0.2) is 0 Å². The zero-order chi connectivity index (χ0) is 12.3. The molecule has 2 N–H and O–H groups in total. The van der Waals surface area contributed by atoms with Gasteiger partial charge in [0.2, 0.25) is 0 Å². The largest absolute Gasteiger partial charge is 0.338 e. The molecule has 1 atom stereocenters. The van der Waals surface area contributed by atoms with Gasteiger partial charge in [-0.3, -0.25) is 0 Å². The first kappa shape index (κ1) is 11.9. The van der Waals surface area contributed by atoms with Crippen molar-refractivity contribution in [2.24, 2.45) is 5.92 Å². The summed E-state index contributed by atoms with van der Waals surface area (Å²) in [6.07, 6.45) is 2.40. The molecule has 1 aromatic rings. The van der Waals surface area contributed by atoms with E-state index in [1.54, 1.807) is 25.1 Å². The number of nitrogens with one attached hydrogen (secondary N) is 2. The lowest BCUT2D eigenvalue weighted by Crippen LogP contribution is -2.38. The van der Waals surface area contributed by atoms with Crippen molar-refractivity contribution in [2.45, 2.75) is 25.8 Å². The number of halogens is 1. The Morgan fingerprint density at radius 3 is 2.82 bits per heavy atom. The van der Waals surface area contributed by atoms with Crippen LogP contribution in [0, 0.1) is 11.7 Å². The molecule has 1 aromatic carbocycles. The third-order valence-electron chi connectivity index (χ3n) is 2.97. The summed E-state index contributed by atoms with van der Waals surface area (Å²) < 4.78 is 13.4. The number of benzene rings is 1. The van der Waals surface area contributed by atoms with Gasteiger partial charge in [0.1, 0.15) is 5.82 Å². The maximum absolute atomic E-state index is 13.4. The first-order valence-corrected chi connectivity index (χ1v) is 5.95. The first-order valence-electron chi connectivity index (χ1n) is 5.95. The molecule has 0 aliphatic heterocycles. The predicted octanol–water partition coefficient (Wildman–Crippen LogP) is 2.60. The molecule has 0 heterocycles. The number of carbonyl (C=O) groups excluding carboxylic acids is 1. The fourth-order valence-corrected chi connectivity index (χ4v) is 1.71. The molecule has 0 bridgehead atoms. The van der Waals surface area contributed by atoms with Crippen molar-refractivity contribution in [1.82, 2.24) is 10.6 Å². The van der Waals surface area contributed by atoms with Crippen molar-refractivity contribution in [3.8, 4) is 0 Å². The molecule has 1 fully saturated rings. The van der Waals surface area contributed by atoms with Crippen LogP contribution in [0.1, 0.15) is 31.4 Å². The molecule has 2 amide bonds. The highest BCUT2D eigenvalue weighted by molar-refractivity contribution is 5.74. The highest BCUT2D eigenvalue weighted by Gasteiger charge is 2.22. The van der Waals surface area contributed by atoms with Crippen molar-refractivity contribution in [2.75, 3.05) is 6.54 Å². The van der Waals surface area contributed by atoms with E-state index in [0.29, 0.717) is 11.5 Å². The van der Waals surface area contributed by atoms with E-state index in [2.05, 4.69) is 10.6 Å². The third-order valence-corrected chi connectivity index (χ3v) is 2.97. The van der Waals surface area contributed by atoms with E-state index < -0.39 is 0 Å². The number of carbonyl (C=O) groups is 1. The van der Waals surface area contributed by atoms with Gasteiger partial charge >= 0.3 is 6.03 Å². The molecule has 0 spiro atoms. The average molecular weight is 236 g/mol. The van der Waals surface area contributed by atoms with Gasteiger partial charge in [0.25, 0.3) is 0 Å². The molecule has 1 aliphatic carbocycles. The standard InChI is InChI=1S/C13H17FN2O/c1-9(11-4-2-3-5-12(11)14)16-13(17)15-8-10-6-7-10/h2-5,9-10H,6-8H2,1H3,(H2,15,16,17)/t9-/m1/s1. The monoisotopic (exact) mass is 236 g/mol. The second kappa shape index (κ2) is 5.17. The zero-order valence-corrected chi connectivity index (χ0v) is 9.87. The minimum atomic E-state index is -0.324. The van der Waals surface area contributed by atoms with Crippen LogP contribution in [-0.4, -0.2) is 12.6 Å². The van der Waals surface area contributed by atoms with Gasteiger partial charge < -0.3 is 10.6 Å². The summed E-state index contributed by atoms with van der Waals surface area (Å²) >= 11 is 0. The van der Waals surface area contributed by atoms with Gasteiger partial charge in [-0.15, -0.1) is 0 Å². The van der Waals surface area contributed by atoms with Gasteiger partial charge in [-0.1, -0.05) is 18.2 Å². The van der Waals surface area contributed by atoms with E-state index in [0.717, 1.165) is 6.54 Å². The fourth-order valence-electron chi connectivity index (χ4n) is 1.71. The lowest BCUT2D eigenvalue weighted by Gasteiger charge is -2.15. The highest BCUT2D eigenvalue weighted by atomic mass is 19.1. The maximum Gasteiger partial charge on any atom is 0.315 e. The van der Waals surface area contributed by atoms with Crippen LogP contribution in [0.15, 0.2) is 24.3 Å². The SMILES string of the molecule is C[C@@H](NC(=O)NCC1CC1)c1ccccc1F. The van der Waals surface area contributed by atoms with Crippen molar-refractivity contribution >= 4 is 6.03 Å². The van der Waals surface area contributed by atoms with Crippen LogP contribution in [0.2, 0.25) is 0 Å². The number of urea groups is 1. The number of hydrogen-bond donors (Lipinski definition) is 2. The van der Waals surface area contributed by atoms with Crippen LogP contribution in [-0.2, 0) is 0 Å². The molecular weight excluding hydrogens is 219 g/mol. The lowest BCUT2D eigenvalue weighted by molar-refractivity contribution is 0.237. The Balaban J connectivity index is 1.85. The van der Waals surface area contributed by atoms with Crippen LogP contribution in [0.4, 0.5) is 9.18 Å². The van der Waals surface area contributed by atoms with Crippen LogP contribution in [0.25, 0.3) is 0 Å². The predicted molar refractivity (Wildman–Crippen MR) is 64.1 cm³/mol. The quantitative estimate of drug-likeness (QED) is 0.829. The maximum atomic E-state index is 13.4. The molecule has 4 heteroatoms. The molecular formula is C13H17FN2O. The van der Waals surface area contributed by atoms with E-state index in [-0.39, 0.29) is 17.9 Å². The Morgan fingerprint density at radius 2 is 2.18 bits per heavy atom. The molecule has 17 heavy (non-hydrogen) atoms. The normalized spacial score (nSPS) is 16.4. The number of rotatable bonds is 4. The van der Waals surface area contributed by atoms with Crippen LogP contribution in [0.5, 0.6) is 0 Å². The second-order valence-electron chi connectivity index (χ2n) is 4.54. The van der Waals surface area contributed by atoms with E-state index in [1.807, 2.05) is 0 Å². The van der Waals surface area contributed by atoms with E-state index in [9.17, 15) is 9.18 Å². The van der Waals surface area contributed by atoms with E-state index in [4.69, 9.17) is 0 Å². The molecule has 0 saturated heterocycles. The molecule has 0 radical (unpaired) electrons. The minimum Gasteiger partial charge on any atom is -0.338 e. The first-order chi connectivity index (χ1) is 8.16. The molecule has 0 unspecified atom stereocenters. The lowest BCUT2D eigenvalue weighted by atomic mass is 10.1. The van der Waals surface area contributed by atoms with Crippen molar-refractivity contribution < 1.29 is 9.18 Å². The van der Waals surface area contributed by atoms with Crippen LogP contribution in [0.3, 0.4) is 0 Å². The third kappa shape index (κ3) is 3.44. The summed E-state index contributed by atoms with van der Waals surface area (Å²) in [4.78, 5) is 11.5. The van der Waals surface area contributed by atoms with Gasteiger partial charge in [0, 0.05) is 12.1 Å². The second-order valence-corrected chi connectivity index (χ2v) is 4.54. The summed E-state index contributed by atoms with van der Waals surface area (Å²) in [6, 6.07) is 5.93. The van der Waals surface area contributed by atoms with Crippen molar-refractivity contribution in [1.29, 1.82) is 0 Å². The van der Waals surface area contributed by atoms with E-state index >= 15 is 0 Å². The van der Waals surface area contributed by atoms with Gasteiger partial charge in [-0.05, 0) is 31.7 Å². The summed E-state index contributed by atoms with van der Waals surface area (Å²) in [7, 11) is 0. The molecule has 1 saturated carbocycles. The molecule has 2 rings (SSSR count). The molecule has 1 aliphatic rings. The number of amides is 2. The van der Waals surface area contributed by atoms with Gasteiger partial charge in [0.05, 0.1) is 6.04 Å². The van der Waals surface area contributed by atoms with Crippen LogP contribution < -0.4 is 10.6 Å². The van der Waals surface area contributed by atoms with Crippen molar-refractivity contribution in [3.63, 3.8) is 0 Å². The Hall–Kier alpha value is -1.58. The molecule has 3 nitrogen and oxygen atoms in total. The smallest absolute Gasteiger partial charge is 0.315 e. The fraction of sp³-hybridized carbons (Fsp3) is 0.462. The molecule has 0 aromatic heterocycles. The van der Waals surface area contributed by atoms with Gasteiger partial charge in [-0.25, -0.2) is 9.18 Å². The summed E-state index contributed by atoms with van der Waals surface area (Å²) in [5.41, 5.74) is 0.508. The summed E-state index contributed by atoms with van der Waals surface area (Å²) in [5.74, 6) is 0.354. The summed E-state index contributed by atoms with van der Waals surface area (Å²) in [6.45, 7) is 2.49. The van der Waals surface area contributed by atoms with Crippen molar-refractivity contribution in [3.05, 3.63) is 35.6 Å². The number of hydrogen-bond acceptors (Lipinski definition) is 1. The minimum absolute atomic E-state index is 0.229. The van der Waals surface area contributed by atoms with E-state index in [1.165, 1.54) is 18.9 Å².